The number of hydrogen-bond acceptors (Lipinski definition) is 5. The molecule has 0 atom stereocenters. The van der Waals surface area contributed by atoms with Crippen molar-refractivity contribution >= 4 is 50.8 Å². The molecular formula is C13H15BrCl2N4O. The first-order chi connectivity index (χ1) is 9.74. The zero-order chi connectivity index (χ0) is 15.6. The van der Waals surface area contributed by atoms with E-state index in [1.54, 1.807) is 12.1 Å². The molecule has 0 aliphatic rings. The van der Waals surface area contributed by atoms with E-state index in [-0.39, 0.29) is 11.6 Å². The lowest BCUT2D eigenvalue weighted by Crippen LogP contribution is -2.35. The molecule has 0 saturated heterocycles. The molecule has 21 heavy (non-hydrogen) atoms. The minimum atomic E-state index is -0.0274. The van der Waals surface area contributed by atoms with Crippen molar-refractivity contribution in [3.63, 3.8) is 0 Å². The second-order valence-electron chi connectivity index (χ2n) is 5.47. The second-order valence-corrected chi connectivity index (χ2v) is 7.20. The predicted octanol–water partition coefficient (Wildman–Crippen LogP) is 4.77. The highest BCUT2D eigenvalue weighted by Crippen LogP contribution is 2.35. The van der Waals surface area contributed by atoms with Gasteiger partial charge in [-0.3, -0.25) is 0 Å². The average Bonchev–Trinajstić information content (AvgIpc) is 2.78. The fourth-order valence-corrected chi connectivity index (χ4v) is 2.79. The molecule has 2 aromatic rings. The average molecular weight is 394 g/mol. The minimum Gasteiger partial charge on any atom is -0.406 e. The quantitative estimate of drug-likeness (QED) is 0.783. The zero-order valence-electron chi connectivity index (χ0n) is 11.8. The van der Waals surface area contributed by atoms with Gasteiger partial charge in [0.2, 0.25) is 5.89 Å². The van der Waals surface area contributed by atoms with Crippen molar-refractivity contribution < 1.29 is 4.42 Å². The number of nitrogens with zero attached hydrogens (tertiary/aromatic N) is 2. The summed E-state index contributed by atoms with van der Waals surface area (Å²) < 4.78 is 6.29. The molecule has 0 fully saturated rings. The molecule has 0 aliphatic carbocycles. The van der Waals surface area contributed by atoms with E-state index >= 15 is 0 Å². The van der Waals surface area contributed by atoms with E-state index in [0.717, 1.165) is 4.47 Å². The Morgan fingerprint density at radius 1 is 1.19 bits per heavy atom. The fraction of sp³-hybridized carbons (Fsp3) is 0.385. The van der Waals surface area contributed by atoms with Crippen LogP contribution in [0.2, 0.25) is 10.0 Å². The van der Waals surface area contributed by atoms with Crippen molar-refractivity contribution in [3.05, 3.63) is 32.5 Å². The van der Waals surface area contributed by atoms with Crippen LogP contribution in [0.1, 0.15) is 26.7 Å². The summed E-state index contributed by atoms with van der Waals surface area (Å²) in [6.45, 7) is 6.66. The van der Waals surface area contributed by atoms with Gasteiger partial charge in [0.05, 0.1) is 22.3 Å². The van der Waals surface area contributed by atoms with E-state index in [4.69, 9.17) is 27.6 Å². The highest BCUT2D eigenvalue weighted by Gasteiger charge is 2.14. The van der Waals surface area contributed by atoms with Gasteiger partial charge in [0, 0.05) is 10.0 Å². The van der Waals surface area contributed by atoms with Crippen LogP contribution >= 0.6 is 39.1 Å². The van der Waals surface area contributed by atoms with Crippen molar-refractivity contribution in [3.8, 4) is 0 Å². The second kappa shape index (κ2) is 6.52. The van der Waals surface area contributed by atoms with Gasteiger partial charge < -0.3 is 15.1 Å². The smallest absolute Gasteiger partial charge is 0.320 e. The van der Waals surface area contributed by atoms with Crippen LogP contribution in [0.5, 0.6) is 0 Å². The van der Waals surface area contributed by atoms with Crippen LogP contribution in [-0.2, 0) is 6.54 Å². The van der Waals surface area contributed by atoms with Gasteiger partial charge in [-0.2, -0.15) is 0 Å². The molecule has 1 aromatic heterocycles. The summed E-state index contributed by atoms with van der Waals surface area (Å²) in [5.74, 6) is 0.483. The van der Waals surface area contributed by atoms with E-state index in [1.165, 1.54) is 0 Å². The molecule has 0 aliphatic heterocycles. The Bertz CT molecular complexity index is 616. The van der Waals surface area contributed by atoms with Crippen molar-refractivity contribution in [2.24, 2.45) is 0 Å². The topological polar surface area (TPSA) is 63.0 Å². The summed E-state index contributed by atoms with van der Waals surface area (Å²) in [5.41, 5.74) is 0.501. The molecule has 114 valence electrons. The molecule has 1 heterocycles. The van der Waals surface area contributed by atoms with Gasteiger partial charge in [-0.25, -0.2) is 0 Å². The summed E-state index contributed by atoms with van der Waals surface area (Å²) in [4.78, 5) is 0. The maximum atomic E-state index is 6.13. The Morgan fingerprint density at radius 2 is 1.81 bits per heavy atom. The predicted molar refractivity (Wildman–Crippen MR) is 88.3 cm³/mol. The summed E-state index contributed by atoms with van der Waals surface area (Å²) in [6, 6.07) is 3.70. The molecule has 0 spiro atoms. The van der Waals surface area contributed by atoms with Gasteiger partial charge in [0.1, 0.15) is 0 Å². The highest BCUT2D eigenvalue weighted by atomic mass is 79.9. The number of rotatable bonds is 4. The molecule has 5 nitrogen and oxygen atoms in total. The molecule has 0 radical (unpaired) electrons. The molecule has 0 saturated carbocycles. The number of anilines is 2. The van der Waals surface area contributed by atoms with Gasteiger partial charge >= 0.3 is 6.01 Å². The third-order valence-electron chi connectivity index (χ3n) is 2.48. The molecule has 2 N–H and O–H groups in total. The Labute approximate surface area is 141 Å². The molecule has 1 aromatic carbocycles. The first kappa shape index (κ1) is 16.5. The van der Waals surface area contributed by atoms with Gasteiger partial charge in [-0.05, 0) is 32.9 Å². The van der Waals surface area contributed by atoms with Gasteiger partial charge in [-0.15, -0.1) is 5.10 Å². The number of aromatic nitrogens is 2. The van der Waals surface area contributed by atoms with Crippen LogP contribution in [0, 0.1) is 0 Å². The third-order valence-corrected chi connectivity index (χ3v) is 3.53. The summed E-state index contributed by atoms with van der Waals surface area (Å²) in [5, 5.41) is 15.0. The van der Waals surface area contributed by atoms with Gasteiger partial charge in [-0.1, -0.05) is 44.2 Å². The van der Waals surface area contributed by atoms with Crippen molar-refractivity contribution in [1.29, 1.82) is 0 Å². The lowest BCUT2D eigenvalue weighted by molar-refractivity contribution is 0.384. The molecule has 0 amide bonds. The number of halogens is 3. The lowest BCUT2D eigenvalue weighted by Gasteiger charge is -2.18. The molecule has 0 unspecified atom stereocenters. The zero-order valence-corrected chi connectivity index (χ0v) is 14.9. The van der Waals surface area contributed by atoms with Crippen molar-refractivity contribution in [2.75, 3.05) is 5.32 Å². The van der Waals surface area contributed by atoms with E-state index in [9.17, 15) is 0 Å². The first-order valence-electron chi connectivity index (χ1n) is 6.23. The van der Waals surface area contributed by atoms with E-state index in [1.807, 2.05) is 0 Å². The Balaban J connectivity index is 2.10. The van der Waals surface area contributed by atoms with E-state index in [2.05, 4.69) is 57.5 Å². The molecule has 8 heteroatoms. The normalized spacial score (nSPS) is 11.7. The lowest BCUT2D eigenvalue weighted by atomic mass is 10.1. The molecular weight excluding hydrogens is 379 g/mol. The third kappa shape index (κ3) is 4.85. The van der Waals surface area contributed by atoms with Crippen LogP contribution < -0.4 is 10.6 Å². The standard InChI is InChI=1S/C13H15BrCl2N4O/c1-13(2,3)17-6-10-19-20-12(21-10)18-11-8(15)4-7(14)5-9(11)16/h4-5,17H,6H2,1-3H3,(H,18,20). The van der Waals surface area contributed by atoms with Gasteiger partial charge in [0.25, 0.3) is 0 Å². The monoisotopic (exact) mass is 392 g/mol. The Kier molecular flexibility index (Phi) is 5.14. The van der Waals surface area contributed by atoms with Crippen molar-refractivity contribution in [1.82, 2.24) is 15.5 Å². The van der Waals surface area contributed by atoms with Crippen LogP contribution in [-0.4, -0.2) is 15.7 Å². The number of hydrogen-bond donors (Lipinski definition) is 2. The number of benzene rings is 1. The van der Waals surface area contributed by atoms with E-state index in [0.29, 0.717) is 28.2 Å². The van der Waals surface area contributed by atoms with Crippen LogP contribution in [0.4, 0.5) is 11.7 Å². The van der Waals surface area contributed by atoms with Crippen LogP contribution in [0.15, 0.2) is 21.0 Å². The molecule has 0 bridgehead atoms. The SMILES string of the molecule is CC(C)(C)NCc1nnc(Nc2c(Cl)cc(Br)cc2Cl)o1. The van der Waals surface area contributed by atoms with E-state index < -0.39 is 0 Å². The maximum Gasteiger partial charge on any atom is 0.320 e. The van der Waals surface area contributed by atoms with Crippen LogP contribution in [0.3, 0.4) is 0 Å². The number of nitrogens with one attached hydrogen (secondary N) is 2. The first-order valence-corrected chi connectivity index (χ1v) is 7.78. The van der Waals surface area contributed by atoms with Crippen LogP contribution in [0.25, 0.3) is 0 Å². The maximum absolute atomic E-state index is 6.13. The molecule has 2 rings (SSSR count). The fourth-order valence-electron chi connectivity index (χ4n) is 1.48. The Hall–Kier alpha value is -0.820. The largest absolute Gasteiger partial charge is 0.406 e. The highest BCUT2D eigenvalue weighted by molar-refractivity contribution is 9.10. The minimum absolute atomic E-state index is 0.0274. The van der Waals surface area contributed by atoms with Crippen molar-refractivity contribution in [2.45, 2.75) is 32.9 Å². The summed E-state index contributed by atoms with van der Waals surface area (Å²) in [6.07, 6.45) is 0. The summed E-state index contributed by atoms with van der Waals surface area (Å²) in [7, 11) is 0. The summed E-state index contributed by atoms with van der Waals surface area (Å²) >= 11 is 15.6. The Morgan fingerprint density at radius 3 is 2.38 bits per heavy atom. The van der Waals surface area contributed by atoms with Gasteiger partial charge in [0.15, 0.2) is 0 Å².